The van der Waals surface area contributed by atoms with Gasteiger partial charge in [0.1, 0.15) is 0 Å². The maximum Gasteiger partial charge on any atom is 0.191 e. The van der Waals surface area contributed by atoms with Crippen molar-refractivity contribution in [1.82, 2.24) is 20.4 Å². The molecule has 1 heterocycles. The maximum absolute atomic E-state index is 5.32. The van der Waals surface area contributed by atoms with Gasteiger partial charge in [0.05, 0.1) is 6.61 Å². The monoisotopic (exact) mass is 347 g/mol. The zero-order chi connectivity index (χ0) is 17.9. The summed E-state index contributed by atoms with van der Waals surface area (Å²) in [5.74, 6) is 0.807. The minimum absolute atomic E-state index is 0.693. The van der Waals surface area contributed by atoms with Gasteiger partial charge < -0.3 is 20.3 Å². The molecule has 0 bridgehead atoms. The first-order valence-corrected chi connectivity index (χ1v) is 9.22. The highest BCUT2D eigenvalue weighted by Crippen LogP contribution is 2.09. The lowest BCUT2D eigenvalue weighted by Gasteiger charge is -2.32. The summed E-state index contributed by atoms with van der Waals surface area (Å²) in [6.45, 7) is 10.7. The molecule has 140 valence electrons. The van der Waals surface area contributed by atoms with Crippen molar-refractivity contribution >= 4 is 5.96 Å². The smallest absolute Gasteiger partial charge is 0.191 e. The fourth-order valence-corrected chi connectivity index (χ4v) is 2.82. The number of benzene rings is 1. The van der Waals surface area contributed by atoms with Crippen LogP contribution in [0.5, 0.6) is 0 Å². The van der Waals surface area contributed by atoms with Gasteiger partial charge in [0, 0.05) is 59.5 Å². The SMILES string of the molecule is CCOCCNC(=NC)NCc1ccc(CN2CCN(C)CC2)cc1. The van der Waals surface area contributed by atoms with Gasteiger partial charge in [-0.25, -0.2) is 0 Å². The zero-order valence-corrected chi connectivity index (χ0v) is 15.9. The van der Waals surface area contributed by atoms with Gasteiger partial charge in [-0.3, -0.25) is 9.89 Å². The summed E-state index contributed by atoms with van der Waals surface area (Å²) in [4.78, 5) is 9.14. The Morgan fingerprint density at radius 2 is 1.76 bits per heavy atom. The van der Waals surface area contributed by atoms with Crippen LogP contribution >= 0.6 is 0 Å². The summed E-state index contributed by atoms with van der Waals surface area (Å²) in [6.07, 6.45) is 0. The van der Waals surface area contributed by atoms with E-state index in [1.54, 1.807) is 7.05 Å². The molecular weight excluding hydrogens is 314 g/mol. The second-order valence-corrected chi connectivity index (χ2v) is 6.45. The fourth-order valence-electron chi connectivity index (χ4n) is 2.82. The lowest BCUT2D eigenvalue weighted by molar-refractivity contribution is 0.148. The zero-order valence-electron chi connectivity index (χ0n) is 15.9. The molecule has 0 saturated carbocycles. The van der Waals surface area contributed by atoms with Crippen molar-refractivity contribution in [3.63, 3.8) is 0 Å². The number of hydrogen-bond donors (Lipinski definition) is 2. The van der Waals surface area contributed by atoms with Crippen molar-refractivity contribution in [3.8, 4) is 0 Å². The van der Waals surface area contributed by atoms with E-state index in [4.69, 9.17) is 4.74 Å². The third-order valence-electron chi connectivity index (χ3n) is 4.45. The summed E-state index contributed by atoms with van der Waals surface area (Å²) >= 11 is 0. The molecule has 1 aromatic carbocycles. The van der Waals surface area contributed by atoms with E-state index in [9.17, 15) is 0 Å². The van der Waals surface area contributed by atoms with Gasteiger partial charge in [0.2, 0.25) is 0 Å². The highest BCUT2D eigenvalue weighted by Gasteiger charge is 2.13. The lowest BCUT2D eigenvalue weighted by Crippen LogP contribution is -2.43. The second-order valence-electron chi connectivity index (χ2n) is 6.45. The number of ether oxygens (including phenoxy) is 1. The summed E-state index contributed by atoms with van der Waals surface area (Å²) < 4.78 is 5.32. The molecule has 0 aromatic heterocycles. The van der Waals surface area contributed by atoms with Gasteiger partial charge in [-0.1, -0.05) is 24.3 Å². The normalized spacial score (nSPS) is 16.8. The number of nitrogens with zero attached hydrogens (tertiary/aromatic N) is 3. The van der Waals surface area contributed by atoms with E-state index in [1.807, 2.05) is 6.92 Å². The standard InChI is InChI=1S/C19H33N5O/c1-4-25-14-9-21-19(20-2)22-15-17-5-7-18(8-6-17)16-24-12-10-23(3)11-13-24/h5-8H,4,9-16H2,1-3H3,(H2,20,21,22). The molecule has 25 heavy (non-hydrogen) atoms. The van der Waals surface area contributed by atoms with Gasteiger partial charge in [-0.05, 0) is 25.1 Å². The Labute approximate surface area is 152 Å². The topological polar surface area (TPSA) is 52.1 Å². The Balaban J connectivity index is 1.72. The Morgan fingerprint density at radius 1 is 1.08 bits per heavy atom. The summed E-state index contributed by atoms with van der Waals surface area (Å²) in [6, 6.07) is 8.87. The molecule has 0 aliphatic carbocycles. The van der Waals surface area contributed by atoms with Crippen LogP contribution in [0.4, 0.5) is 0 Å². The fraction of sp³-hybridized carbons (Fsp3) is 0.632. The van der Waals surface area contributed by atoms with E-state index in [0.717, 1.165) is 58.4 Å². The van der Waals surface area contributed by atoms with Crippen LogP contribution in [-0.4, -0.2) is 75.8 Å². The molecule has 6 nitrogen and oxygen atoms in total. The van der Waals surface area contributed by atoms with Crippen molar-refractivity contribution in [2.45, 2.75) is 20.0 Å². The summed E-state index contributed by atoms with van der Waals surface area (Å²) in [5, 5.41) is 6.58. The minimum Gasteiger partial charge on any atom is -0.380 e. The van der Waals surface area contributed by atoms with Crippen LogP contribution in [0, 0.1) is 0 Å². The van der Waals surface area contributed by atoms with Crippen LogP contribution in [0.15, 0.2) is 29.3 Å². The number of hydrogen-bond acceptors (Lipinski definition) is 4. The molecule has 0 spiro atoms. The van der Waals surface area contributed by atoms with Gasteiger partial charge in [-0.15, -0.1) is 0 Å². The number of nitrogens with one attached hydrogen (secondary N) is 2. The van der Waals surface area contributed by atoms with Crippen LogP contribution in [0.2, 0.25) is 0 Å². The molecule has 2 N–H and O–H groups in total. The average molecular weight is 348 g/mol. The lowest BCUT2D eigenvalue weighted by atomic mass is 10.1. The molecule has 0 unspecified atom stereocenters. The van der Waals surface area contributed by atoms with Crippen LogP contribution in [0.25, 0.3) is 0 Å². The van der Waals surface area contributed by atoms with Crippen LogP contribution in [0.1, 0.15) is 18.1 Å². The summed E-state index contributed by atoms with van der Waals surface area (Å²) in [5.41, 5.74) is 2.64. The van der Waals surface area contributed by atoms with E-state index >= 15 is 0 Å². The summed E-state index contributed by atoms with van der Waals surface area (Å²) in [7, 11) is 3.98. The van der Waals surface area contributed by atoms with E-state index in [1.165, 1.54) is 11.1 Å². The first kappa shape index (κ1) is 19.7. The van der Waals surface area contributed by atoms with Gasteiger partial charge >= 0.3 is 0 Å². The van der Waals surface area contributed by atoms with E-state index < -0.39 is 0 Å². The highest BCUT2D eigenvalue weighted by molar-refractivity contribution is 5.79. The molecule has 0 atom stereocenters. The van der Waals surface area contributed by atoms with E-state index in [-0.39, 0.29) is 0 Å². The number of rotatable bonds is 8. The molecule has 1 aromatic rings. The minimum atomic E-state index is 0.693. The molecule has 1 aliphatic rings. The van der Waals surface area contributed by atoms with Gasteiger partial charge in [0.25, 0.3) is 0 Å². The third-order valence-corrected chi connectivity index (χ3v) is 4.45. The quantitative estimate of drug-likeness (QED) is 0.420. The molecule has 1 saturated heterocycles. The largest absolute Gasteiger partial charge is 0.380 e. The molecule has 0 amide bonds. The maximum atomic E-state index is 5.32. The first-order valence-electron chi connectivity index (χ1n) is 9.22. The van der Waals surface area contributed by atoms with Crippen molar-refractivity contribution in [1.29, 1.82) is 0 Å². The molecule has 1 fully saturated rings. The van der Waals surface area contributed by atoms with E-state index in [0.29, 0.717) is 6.61 Å². The van der Waals surface area contributed by atoms with Crippen LogP contribution < -0.4 is 10.6 Å². The molecule has 2 rings (SSSR count). The third kappa shape index (κ3) is 7.42. The van der Waals surface area contributed by atoms with E-state index in [2.05, 4.69) is 56.7 Å². The van der Waals surface area contributed by atoms with Crippen molar-refractivity contribution in [3.05, 3.63) is 35.4 Å². The van der Waals surface area contributed by atoms with Crippen molar-refractivity contribution in [2.75, 3.05) is 60.0 Å². The Hall–Kier alpha value is -1.63. The van der Waals surface area contributed by atoms with Crippen molar-refractivity contribution in [2.24, 2.45) is 4.99 Å². The van der Waals surface area contributed by atoms with Gasteiger partial charge in [-0.2, -0.15) is 0 Å². The Bertz CT molecular complexity index is 509. The molecule has 0 radical (unpaired) electrons. The number of likely N-dealkylation sites (N-methyl/N-ethyl adjacent to an activating group) is 1. The first-order chi connectivity index (χ1) is 12.2. The average Bonchev–Trinajstić information content (AvgIpc) is 2.64. The molecule has 1 aliphatic heterocycles. The molecule has 6 heteroatoms. The van der Waals surface area contributed by atoms with Crippen LogP contribution in [0.3, 0.4) is 0 Å². The predicted molar refractivity (Wildman–Crippen MR) is 104 cm³/mol. The predicted octanol–water partition coefficient (Wildman–Crippen LogP) is 1.14. The Kier molecular flexibility index (Phi) is 8.72. The Morgan fingerprint density at radius 3 is 2.40 bits per heavy atom. The van der Waals surface area contributed by atoms with Gasteiger partial charge in [0.15, 0.2) is 5.96 Å². The number of piperazine rings is 1. The highest BCUT2D eigenvalue weighted by atomic mass is 16.5. The number of guanidine groups is 1. The van der Waals surface area contributed by atoms with Crippen molar-refractivity contribution < 1.29 is 4.74 Å². The van der Waals surface area contributed by atoms with Crippen LogP contribution in [-0.2, 0) is 17.8 Å². The number of aliphatic imine (C=N–C) groups is 1. The molecular formula is C19H33N5O. The second kappa shape index (κ2) is 11.1.